The lowest BCUT2D eigenvalue weighted by atomic mass is 9.78. The largest absolute Gasteiger partial charge is 0.459 e. The summed E-state index contributed by atoms with van der Waals surface area (Å²) in [5.41, 5.74) is 0. The highest BCUT2D eigenvalue weighted by Gasteiger charge is 2.70. The average molecular weight is 435 g/mol. The lowest BCUT2D eigenvalue weighted by Gasteiger charge is -2.32. The van der Waals surface area contributed by atoms with Gasteiger partial charge in [0.2, 0.25) is 0 Å². The molecule has 1 N–H and O–H groups in total. The van der Waals surface area contributed by atoms with Crippen molar-refractivity contribution < 1.29 is 38.2 Å². The number of quaternary nitrogens is 1. The van der Waals surface area contributed by atoms with Gasteiger partial charge in [0, 0.05) is 11.8 Å². The summed E-state index contributed by atoms with van der Waals surface area (Å²) in [5.74, 6) is -0.898. The van der Waals surface area contributed by atoms with E-state index in [1.807, 2.05) is 0 Å². The zero-order valence-electron chi connectivity index (χ0n) is 17.8. The predicted molar refractivity (Wildman–Crippen MR) is 105 cm³/mol. The zero-order valence-corrected chi connectivity index (χ0v) is 17.8. The molecule has 6 rings (SSSR count). The van der Waals surface area contributed by atoms with Crippen LogP contribution in [-0.4, -0.2) is 69.6 Å². The Kier molecular flexibility index (Phi) is 4.98. The summed E-state index contributed by atoms with van der Waals surface area (Å²) in [4.78, 5) is 39.9. The molecule has 170 valence electrons. The van der Waals surface area contributed by atoms with E-state index in [0.29, 0.717) is 24.9 Å². The van der Waals surface area contributed by atoms with Crippen LogP contribution in [0.2, 0.25) is 0 Å². The molecule has 6 aliphatic rings. The van der Waals surface area contributed by atoms with E-state index in [-0.39, 0.29) is 41.8 Å². The number of esters is 3. The minimum atomic E-state index is -0.547. The summed E-state index contributed by atoms with van der Waals surface area (Å²) >= 11 is 0. The van der Waals surface area contributed by atoms with Gasteiger partial charge >= 0.3 is 17.9 Å². The van der Waals surface area contributed by atoms with E-state index in [0.717, 1.165) is 52.1 Å². The Morgan fingerprint density at radius 3 is 2.61 bits per heavy atom. The maximum Gasteiger partial charge on any atom is 0.310 e. The molecule has 9 atom stereocenters. The molecular formula is C23H32NO7+. The Bertz CT molecular complexity index is 765. The van der Waals surface area contributed by atoms with Gasteiger partial charge in [-0.3, -0.25) is 14.4 Å². The Morgan fingerprint density at radius 2 is 1.87 bits per heavy atom. The van der Waals surface area contributed by atoms with E-state index >= 15 is 0 Å². The minimum absolute atomic E-state index is 0.0207. The van der Waals surface area contributed by atoms with E-state index in [9.17, 15) is 14.4 Å². The molecule has 2 aliphatic heterocycles. The van der Waals surface area contributed by atoms with Crippen molar-refractivity contribution in [2.45, 2.75) is 44.3 Å². The van der Waals surface area contributed by atoms with Crippen molar-refractivity contribution >= 4 is 17.9 Å². The highest BCUT2D eigenvalue weighted by molar-refractivity contribution is 5.86. The van der Waals surface area contributed by atoms with Gasteiger partial charge in [-0.1, -0.05) is 6.42 Å². The maximum atomic E-state index is 13.0. The maximum absolute atomic E-state index is 13.0. The molecule has 0 spiro atoms. The molecular weight excluding hydrogens is 402 g/mol. The van der Waals surface area contributed by atoms with Gasteiger partial charge in [0.25, 0.3) is 0 Å². The molecule has 31 heavy (non-hydrogen) atoms. The topological polar surface area (TPSA) is 92.6 Å². The quantitative estimate of drug-likeness (QED) is 0.449. The van der Waals surface area contributed by atoms with Crippen molar-refractivity contribution in [2.24, 2.45) is 41.4 Å². The molecule has 2 saturated heterocycles. The van der Waals surface area contributed by atoms with E-state index in [1.165, 1.54) is 11.3 Å². The van der Waals surface area contributed by atoms with Gasteiger partial charge in [-0.05, 0) is 37.5 Å². The second-order valence-electron chi connectivity index (χ2n) is 10.5. The van der Waals surface area contributed by atoms with Crippen LogP contribution in [0.3, 0.4) is 0 Å². The van der Waals surface area contributed by atoms with Crippen LogP contribution < -0.4 is 4.90 Å². The zero-order chi connectivity index (χ0) is 21.1. The second-order valence-corrected chi connectivity index (χ2v) is 10.5. The van der Waals surface area contributed by atoms with Gasteiger partial charge in [-0.25, -0.2) is 0 Å². The van der Waals surface area contributed by atoms with Crippen molar-refractivity contribution in [3.8, 4) is 0 Å². The molecule has 4 bridgehead atoms. The average Bonchev–Trinajstić information content (AvgIpc) is 3.57. The van der Waals surface area contributed by atoms with E-state index in [1.54, 1.807) is 0 Å². The summed E-state index contributed by atoms with van der Waals surface area (Å²) in [7, 11) is 0. The fraction of sp³-hybridized carbons (Fsp3) is 0.870. The van der Waals surface area contributed by atoms with Gasteiger partial charge in [0.1, 0.15) is 38.4 Å². The number of morpholine rings is 1. The van der Waals surface area contributed by atoms with Gasteiger partial charge < -0.3 is 23.8 Å². The number of ether oxygens (including phenoxy) is 4. The first-order chi connectivity index (χ1) is 15.1. The van der Waals surface area contributed by atoms with Crippen molar-refractivity contribution in [3.63, 3.8) is 0 Å². The first-order valence-corrected chi connectivity index (χ1v) is 12.1. The summed E-state index contributed by atoms with van der Waals surface area (Å²) in [6.45, 7) is 4.40. The molecule has 0 radical (unpaired) electrons. The monoisotopic (exact) mass is 434 g/mol. The Balaban J connectivity index is 1.10. The van der Waals surface area contributed by atoms with E-state index in [4.69, 9.17) is 18.9 Å². The predicted octanol–water partition coefficient (Wildman–Crippen LogP) is -0.400. The molecule has 4 aliphatic carbocycles. The number of nitrogens with one attached hydrogen (secondary N) is 1. The molecule has 8 heteroatoms. The van der Waals surface area contributed by atoms with Crippen LogP contribution in [0.4, 0.5) is 0 Å². The lowest BCUT2D eigenvalue weighted by molar-refractivity contribution is -0.908. The summed E-state index contributed by atoms with van der Waals surface area (Å²) in [6.07, 6.45) is 4.22. The fourth-order valence-electron chi connectivity index (χ4n) is 7.53. The molecule has 9 unspecified atom stereocenters. The van der Waals surface area contributed by atoms with Crippen LogP contribution in [0.15, 0.2) is 0 Å². The standard InChI is InChI=1S/C23H31NO7/c25-21(14-10-12-1-2-13(14)9-12)30-19-15-11-16-18(23(27)31-20(16)19)17(15)22(26)29-8-5-24-3-6-28-7-4-24/h12-20H,1-11H2/p+1. The molecule has 6 fully saturated rings. The number of hydrogen-bond donors (Lipinski definition) is 1. The molecule has 0 aromatic rings. The number of hydrogen-bond acceptors (Lipinski definition) is 7. The Hall–Kier alpha value is -1.67. The van der Waals surface area contributed by atoms with Gasteiger partial charge in [-0.15, -0.1) is 0 Å². The highest BCUT2D eigenvalue weighted by Crippen LogP contribution is 2.59. The molecule has 2 heterocycles. The molecule has 0 amide bonds. The van der Waals surface area contributed by atoms with Crippen molar-refractivity contribution in [2.75, 3.05) is 39.5 Å². The third kappa shape index (κ3) is 3.28. The van der Waals surface area contributed by atoms with E-state index in [2.05, 4.69) is 0 Å². The van der Waals surface area contributed by atoms with Crippen LogP contribution >= 0.6 is 0 Å². The number of fused-ring (bicyclic) bond motifs is 3. The number of carbonyl (C=O) groups is 3. The third-order valence-electron chi connectivity index (χ3n) is 9.01. The van der Waals surface area contributed by atoms with Crippen LogP contribution in [0.25, 0.3) is 0 Å². The van der Waals surface area contributed by atoms with Crippen LogP contribution in [0.5, 0.6) is 0 Å². The minimum Gasteiger partial charge on any atom is -0.459 e. The van der Waals surface area contributed by atoms with Crippen LogP contribution in [-0.2, 0) is 33.3 Å². The smallest absolute Gasteiger partial charge is 0.310 e. The molecule has 0 aromatic carbocycles. The third-order valence-corrected chi connectivity index (χ3v) is 9.01. The molecule has 8 nitrogen and oxygen atoms in total. The van der Waals surface area contributed by atoms with Crippen LogP contribution in [0, 0.1) is 41.4 Å². The number of carbonyl (C=O) groups excluding carboxylic acids is 3. The van der Waals surface area contributed by atoms with Crippen molar-refractivity contribution in [1.29, 1.82) is 0 Å². The first-order valence-electron chi connectivity index (χ1n) is 12.1. The first kappa shape index (κ1) is 20.0. The second kappa shape index (κ2) is 7.73. The van der Waals surface area contributed by atoms with Crippen molar-refractivity contribution in [1.82, 2.24) is 0 Å². The van der Waals surface area contributed by atoms with Gasteiger partial charge in [-0.2, -0.15) is 0 Å². The summed E-state index contributed by atoms with van der Waals surface area (Å²) in [5, 5.41) is 0. The SMILES string of the molecule is O=C(OC1C2CC3C1OC(=O)C3C2C(=O)OCC[NH+]1CCOCC1)C1CC2CCC1C2. The lowest BCUT2D eigenvalue weighted by Crippen LogP contribution is -3.14. The molecule has 0 aromatic heterocycles. The Morgan fingerprint density at radius 1 is 1.03 bits per heavy atom. The highest BCUT2D eigenvalue weighted by atomic mass is 16.6. The Labute approximate surface area is 181 Å². The summed E-state index contributed by atoms with van der Waals surface area (Å²) < 4.78 is 22.6. The van der Waals surface area contributed by atoms with Crippen LogP contribution in [0.1, 0.15) is 32.1 Å². The van der Waals surface area contributed by atoms with E-state index < -0.39 is 17.9 Å². The van der Waals surface area contributed by atoms with Gasteiger partial charge in [0.05, 0.1) is 31.0 Å². The number of rotatable bonds is 6. The fourth-order valence-corrected chi connectivity index (χ4v) is 7.53. The van der Waals surface area contributed by atoms with Gasteiger partial charge in [0.15, 0.2) is 0 Å². The molecule has 4 saturated carbocycles. The normalized spacial score (nSPS) is 45.2. The summed E-state index contributed by atoms with van der Waals surface area (Å²) in [6, 6.07) is 0. The van der Waals surface area contributed by atoms with Crippen molar-refractivity contribution in [3.05, 3.63) is 0 Å².